The van der Waals surface area contributed by atoms with Crippen molar-refractivity contribution in [2.75, 3.05) is 13.7 Å². The van der Waals surface area contributed by atoms with Crippen LogP contribution in [-0.4, -0.2) is 57.2 Å². The van der Waals surface area contributed by atoms with Gasteiger partial charge in [-0.05, 0) is 11.4 Å². The SMILES string of the molecule is COC1CC(C(=O)O)N(C(=O)CCn2cnc3sccc3c2=O)C1. The number of thiophene rings is 1. The van der Waals surface area contributed by atoms with Crippen LogP contribution in [0.15, 0.2) is 22.6 Å². The van der Waals surface area contributed by atoms with Crippen LogP contribution in [0.2, 0.25) is 0 Å². The molecule has 2 atom stereocenters. The maximum Gasteiger partial charge on any atom is 0.326 e. The number of carbonyl (C=O) groups is 2. The Kier molecular flexibility index (Phi) is 4.63. The van der Waals surface area contributed by atoms with Gasteiger partial charge < -0.3 is 14.7 Å². The number of amides is 1. The van der Waals surface area contributed by atoms with Crippen LogP contribution in [0.3, 0.4) is 0 Å². The number of carboxylic acids is 1. The van der Waals surface area contributed by atoms with Crippen LogP contribution in [-0.2, 0) is 20.9 Å². The van der Waals surface area contributed by atoms with E-state index in [9.17, 15) is 19.5 Å². The minimum absolute atomic E-state index is 0.0391. The van der Waals surface area contributed by atoms with E-state index in [4.69, 9.17) is 4.74 Å². The van der Waals surface area contributed by atoms with E-state index < -0.39 is 12.0 Å². The van der Waals surface area contributed by atoms with Gasteiger partial charge in [-0.3, -0.25) is 14.2 Å². The zero-order valence-electron chi connectivity index (χ0n) is 13.0. The van der Waals surface area contributed by atoms with Crippen molar-refractivity contribution in [3.8, 4) is 0 Å². The van der Waals surface area contributed by atoms with E-state index in [1.807, 2.05) is 0 Å². The Labute approximate surface area is 141 Å². The molecule has 1 saturated heterocycles. The molecule has 0 radical (unpaired) electrons. The number of hydrogen-bond donors (Lipinski definition) is 1. The quantitative estimate of drug-likeness (QED) is 0.844. The molecule has 0 bridgehead atoms. The molecule has 128 valence electrons. The van der Waals surface area contributed by atoms with Crippen molar-refractivity contribution in [3.05, 3.63) is 28.1 Å². The number of aryl methyl sites for hydroxylation is 1. The first-order valence-electron chi connectivity index (χ1n) is 7.49. The first-order valence-corrected chi connectivity index (χ1v) is 8.37. The minimum atomic E-state index is -1.04. The molecule has 0 saturated carbocycles. The predicted molar refractivity (Wildman–Crippen MR) is 87.0 cm³/mol. The average molecular weight is 351 g/mol. The van der Waals surface area contributed by atoms with E-state index in [1.165, 1.54) is 34.2 Å². The number of hydrogen-bond acceptors (Lipinski definition) is 6. The highest BCUT2D eigenvalue weighted by Gasteiger charge is 2.39. The molecule has 3 heterocycles. The summed E-state index contributed by atoms with van der Waals surface area (Å²) >= 11 is 1.38. The van der Waals surface area contributed by atoms with Gasteiger partial charge in [0.1, 0.15) is 10.9 Å². The second-order valence-electron chi connectivity index (χ2n) is 5.63. The van der Waals surface area contributed by atoms with Crippen molar-refractivity contribution < 1.29 is 19.4 Å². The number of aromatic nitrogens is 2. The Morgan fingerprint density at radius 1 is 1.50 bits per heavy atom. The van der Waals surface area contributed by atoms with Crippen molar-refractivity contribution in [2.45, 2.75) is 31.5 Å². The standard InChI is InChI=1S/C15H17N3O5S/c1-23-9-6-11(15(21)22)18(7-9)12(19)2-4-17-8-16-13-10(14(17)20)3-5-24-13/h3,5,8-9,11H,2,4,6-7H2,1H3,(H,21,22). The van der Waals surface area contributed by atoms with Crippen LogP contribution < -0.4 is 5.56 Å². The van der Waals surface area contributed by atoms with Crippen molar-refractivity contribution in [1.82, 2.24) is 14.5 Å². The summed E-state index contributed by atoms with van der Waals surface area (Å²) in [7, 11) is 1.50. The molecule has 1 N–H and O–H groups in total. The van der Waals surface area contributed by atoms with E-state index in [0.29, 0.717) is 10.2 Å². The van der Waals surface area contributed by atoms with Gasteiger partial charge in [0.2, 0.25) is 5.91 Å². The molecular formula is C15H17N3O5S. The fourth-order valence-corrected chi connectivity index (χ4v) is 3.61. The molecule has 1 fully saturated rings. The zero-order valence-corrected chi connectivity index (χ0v) is 13.9. The second kappa shape index (κ2) is 6.70. The fraction of sp³-hybridized carbons (Fsp3) is 0.467. The molecule has 0 aliphatic carbocycles. The second-order valence-corrected chi connectivity index (χ2v) is 6.52. The summed E-state index contributed by atoms with van der Waals surface area (Å²) in [6.07, 6.45) is 1.46. The van der Waals surface area contributed by atoms with Crippen LogP contribution in [0, 0.1) is 0 Å². The predicted octanol–water partition coefficient (Wildman–Crippen LogP) is 0.549. The van der Waals surface area contributed by atoms with Crippen molar-refractivity contribution in [3.63, 3.8) is 0 Å². The third kappa shape index (κ3) is 3.04. The smallest absolute Gasteiger partial charge is 0.326 e. The van der Waals surface area contributed by atoms with Crippen LogP contribution in [0.1, 0.15) is 12.8 Å². The highest BCUT2D eigenvalue weighted by Crippen LogP contribution is 2.21. The molecule has 1 amide bonds. The lowest BCUT2D eigenvalue weighted by Gasteiger charge is -2.21. The van der Waals surface area contributed by atoms with Gasteiger partial charge in [0.05, 0.1) is 17.8 Å². The number of likely N-dealkylation sites (tertiary alicyclic amines) is 1. The summed E-state index contributed by atoms with van der Waals surface area (Å²) < 4.78 is 6.55. The lowest BCUT2D eigenvalue weighted by molar-refractivity contribution is -0.148. The third-order valence-corrected chi connectivity index (χ3v) is 5.04. The number of nitrogens with zero attached hydrogens (tertiary/aromatic N) is 3. The highest BCUT2D eigenvalue weighted by molar-refractivity contribution is 7.16. The largest absolute Gasteiger partial charge is 0.480 e. The number of fused-ring (bicyclic) bond motifs is 1. The number of carbonyl (C=O) groups excluding carboxylic acids is 1. The number of carboxylic acid groups (broad SMARTS) is 1. The van der Waals surface area contributed by atoms with Gasteiger partial charge in [0.15, 0.2) is 0 Å². The Morgan fingerprint density at radius 2 is 2.29 bits per heavy atom. The number of rotatable bonds is 5. The first kappa shape index (κ1) is 16.6. The molecule has 9 heteroatoms. The molecule has 1 aliphatic heterocycles. The summed E-state index contributed by atoms with van der Waals surface area (Å²) in [6.45, 7) is 0.417. The lowest BCUT2D eigenvalue weighted by atomic mass is 10.2. The van der Waals surface area contributed by atoms with Gasteiger partial charge in [0, 0.05) is 33.0 Å². The number of aliphatic carboxylic acids is 1. The summed E-state index contributed by atoms with van der Waals surface area (Å²) in [5.74, 6) is -1.35. The minimum Gasteiger partial charge on any atom is -0.480 e. The summed E-state index contributed by atoms with van der Waals surface area (Å²) in [5, 5.41) is 11.6. The van der Waals surface area contributed by atoms with Gasteiger partial charge in [-0.25, -0.2) is 9.78 Å². The first-order chi connectivity index (χ1) is 11.5. The van der Waals surface area contributed by atoms with Crippen LogP contribution in [0.4, 0.5) is 0 Å². The highest BCUT2D eigenvalue weighted by atomic mass is 32.1. The molecule has 0 aromatic carbocycles. The van der Waals surface area contributed by atoms with Crippen molar-refractivity contribution in [1.29, 1.82) is 0 Å². The molecule has 2 aromatic heterocycles. The zero-order chi connectivity index (χ0) is 17.3. The normalized spacial score (nSPS) is 20.6. The number of methoxy groups -OCH3 is 1. The summed E-state index contributed by atoms with van der Waals surface area (Å²) in [4.78, 5) is 42.2. The molecule has 0 spiro atoms. The molecule has 2 aromatic rings. The van der Waals surface area contributed by atoms with E-state index in [1.54, 1.807) is 11.4 Å². The fourth-order valence-electron chi connectivity index (χ4n) is 2.89. The number of ether oxygens (including phenoxy) is 1. The van der Waals surface area contributed by atoms with Gasteiger partial charge in [-0.2, -0.15) is 0 Å². The molecule has 8 nitrogen and oxygen atoms in total. The topological polar surface area (TPSA) is 102 Å². The van der Waals surface area contributed by atoms with Crippen LogP contribution >= 0.6 is 11.3 Å². The molecule has 2 unspecified atom stereocenters. The van der Waals surface area contributed by atoms with Crippen molar-refractivity contribution >= 4 is 33.4 Å². The molecule has 1 aliphatic rings. The van der Waals surface area contributed by atoms with Crippen molar-refractivity contribution in [2.24, 2.45) is 0 Å². The van der Waals surface area contributed by atoms with E-state index in [0.717, 1.165) is 0 Å². The molecule has 3 rings (SSSR count). The van der Waals surface area contributed by atoms with E-state index in [-0.39, 0.29) is 43.5 Å². The Bertz CT molecular complexity index is 830. The van der Waals surface area contributed by atoms with Crippen LogP contribution in [0.25, 0.3) is 10.2 Å². The Balaban J connectivity index is 1.71. The van der Waals surface area contributed by atoms with Gasteiger partial charge in [0.25, 0.3) is 5.56 Å². The van der Waals surface area contributed by atoms with Gasteiger partial charge in [-0.1, -0.05) is 0 Å². The lowest BCUT2D eigenvalue weighted by Crippen LogP contribution is -2.41. The Hall–Kier alpha value is -2.26. The van der Waals surface area contributed by atoms with Crippen LogP contribution in [0.5, 0.6) is 0 Å². The summed E-state index contributed by atoms with van der Waals surface area (Å²) in [6, 6.07) is 0.828. The Morgan fingerprint density at radius 3 is 3.00 bits per heavy atom. The molecular weight excluding hydrogens is 334 g/mol. The molecule has 24 heavy (non-hydrogen) atoms. The average Bonchev–Trinajstić information content (AvgIpc) is 3.21. The monoisotopic (exact) mass is 351 g/mol. The van der Waals surface area contributed by atoms with Gasteiger partial charge >= 0.3 is 5.97 Å². The van der Waals surface area contributed by atoms with Gasteiger partial charge in [-0.15, -0.1) is 11.3 Å². The van der Waals surface area contributed by atoms with E-state index >= 15 is 0 Å². The summed E-state index contributed by atoms with van der Waals surface area (Å²) in [5.41, 5.74) is -0.194. The maximum atomic E-state index is 12.4. The maximum absolute atomic E-state index is 12.4. The third-order valence-electron chi connectivity index (χ3n) is 4.22. The van der Waals surface area contributed by atoms with E-state index in [2.05, 4.69) is 4.98 Å².